The van der Waals surface area contributed by atoms with Crippen molar-refractivity contribution >= 4 is 0 Å². The Balaban J connectivity index is 1.26. The first-order chi connectivity index (χ1) is 20.9. The molecule has 0 heterocycles. The number of alkyl halides is 3. The van der Waals surface area contributed by atoms with Crippen molar-refractivity contribution in [1.29, 1.82) is 0 Å². The summed E-state index contributed by atoms with van der Waals surface area (Å²) in [5.41, 5.74) is 1.18. The van der Waals surface area contributed by atoms with Crippen LogP contribution in [0.3, 0.4) is 0 Å². The van der Waals surface area contributed by atoms with Crippen LogP contribution in [0.4, 0.5) is 39.5 Å². The van der Waals surface area contributed by atoms with Crippen LogP contribution >= 0.6 is 0 Å². The number of fused-ring (bicyclic) bond motifs is 1. The minimum Gasteiger partial charge on any atom is -0.403 e. The molecule has 238 valence electrons. The van der Waals surface area contributed by atoms with Crippen molar-refractivity contribution in [3.05, 3.63) is 98.6 Å². The molecular weight excluding hydrogens is 595 g/mol. The minimum absolute atomic E-state index is 0.0196. The normalized spacial score (nSPS) is 20.5. The first-order valence-electron chi connectivity index (χ1n) is 15.1. The van der Waals surface area contributed by atoms with Gasteiger partial charge in [-0.2, -0.15) is 4.39 Å². The van der Waals surface area contributed by atoms with Gasteiger partial charge < -0.3 is 4.74 Å². The molecule has 1 atom stereocenters. The van der Waals surface area contributed by atoms with Crippen LogP contribution in [0.25, 0.3) is 0 Å². The Labute approximate surface area is 250 Å². The van der Waals surface area contributed by atoms with E-state index in [1.807, 2.05) is 13.0 Å². The first kappa shape index (κ1) is 32.2. The molecule has 0 aromatic heterocycles. The smallest absolute Gasteiger partial charge is 0.403 e. The van der Waals surface area contributed by atoms with Crippen molar-refractivity contribution in [2.75, 3.05) is 0 Å². The molecule has 0 bridgehead atoms. The quantitative estimate of drug-likeness (QED) is 0.178. The van der Waals surface area contributed by atoms with Gasteiger partial charge in [0, 0.05) is 5.56 Å². The molecule has 10 heteroatoms. The molecule has 1 unspecified atom stereocenters. The molecule has 2 aliphatic rings. The van der Waals surface area contributed by atoms with Crippen molar-refractivity contribution < 1.29 is 44.3 Å². The van der Waals surface area contributed by atoms with Crippen LogP contribution in [-0.4, -0.2) is 6.36 Å². The van der Waals surface area contributed by atoms with Crippen LogP contribution in [0.15, 0.2) is 30.3 Å². The van der Waals surface area contributed by atoms with E-state index in [1.165, 1.54) is 6.07 Å². The molecule has 0 N–H and O–H groups in total. The van der Waals surface area contributed by atoms with Gasteiger partial charge in [0.25, 0.3) is 0 Å². The second kappa shape index (κ2) is 13.1. The van der Waals surface area contributed by atoms with E-state index < -0.39 is 53.0 Å². The molecule has 1 nitrogen and oxygen atoms in total. The standard InChI is InChI=1S/C34H33F9O/c1-2-3-18-4-7-21(26(35)17-18)8-5-19-6-13-24-25(16-19)31(38)33(40)28(29(24)36)22-11-9-20(10-12-22)23-14-15-27(32(39)30(23)37)44-34(41,42)43/h4,7,14-15,17,19-20,22H,2-3,5-6,8-13,16H2,1H3. The molecule has 5 rings (SSSR count). The van der Waals surface area contributed by atoms with Gasteiger partial charge in [-0.3, -0.25) is 0 Å². The molecule has 0 amide bonds. The Bertz CT molecular complexity index is 1510. The molecular formula is C34H33F9O. The Hall–Kier alpha value is -3.17. The Kier molecular flexibility index (Phi) is 9.56. The van der Waals surface area contributed by atoms with Crippen LogP contribution in [0.1, 0.15) is 97.1 Å². The van der Waals surface area contributed by atoms with E-state index in [0.29, 0.717) is 30.9 Å². The summed E-state index contributed by atoms with van der Waals surface area (Å²) in [4.78, 5) is 0. The van der Waals surface area contributed by atoms with E-state index in [9.17, 15) is 26.3 Å². The van der Waals surface area contributed by atoms with Crippen LogP contribution in [0.2, 0.25) is 0 Å². The molecule has 1 saturated carbocycles. The van der Waals surface area contributed by atoms with Gasteiger partial charge in [-0.15, -0.1) is 13.2 Å². The summed E-state index contributed by atoms with van der Waals surface area (Å²) >= 11 is 0. The summed E-state index contributed by atoms with van der Waals surface area (Å²) in [7, 11) is 0. The first-order valence-corrected chi connectivity index (χ1v) is 15.1. The van der Waals surface area contributed by atoms with E-state index in [0.717, 1.165) is 24.5 Å². The van der Waals surface area contributed by atoms with Gasteiger partial charge in [0.05, 0.1) is 0 Å². The second-order valence-corrected chi connectivity index (χ2v) is 12.0. The van der Waals surface area contributed by atoms with Crippen molar-refractivity contribution in [2.24, 2.45) is 5.92 Å². The van der Waals surface area contributed by atoms with Gasteiger partial charge in [-0.25, -0.2) is 22.0 Å². The summed E-state index contributed by atoms with van der Waals surface area (Å²) in [5.74, 6) is -9.22. The predicted octanol–water partition coefficient (Wildman–Crippen LogP) is 10.6. The third-order valence-electron chi connectivity index (χ3n) is 9.21. The number of hydrogen-bond acceptors (Lipinski definition) is 1. The summed E-state index contributed by atoms with van der Waals surface area (Å²) in [6.45, 7) is 2.02. The molecule has 3 aromatic rings. The lowest BCUT2D eigenvalue weighted by atomic mass is 9.73. The van der Waals surface area contributed by atoms with Crippen molar-refractivity contribution in [1.82, 2.24) is 0 Å². The van der Waals surface area contributed by atoms with Crippen molar-refractivity contribution in [2.45, 2.75) is 95.8 Å². The van der Waals surface area contributed by atoms with Gasteiger partial charge in [0.15, 0.2) is 23.2 Å². The fourth-order valence-electron chi connectivity index (χ4n) is 6.95. The molecule has 3 aromatic carbocycles. The average Bonchev–Trinajstić information content (AvgIpc) is 2.98. The molecule has 2 aliphatic carbocycles. The van der Waals surface area contributed by atoms with Crippen LogP contribution < -0.4 is 4.74 Å². The van der Waals surface area contributed by atoms with Gasteiger partial charge >= 0.3 is 6.36 Å². The van der Waals surface area contributed by atoms with Crippen molar-refractivity contribution in [3.8, 4) is 5.75 Å². The number of hydrogen-bond donors (Lipinski definition) is 0. The van der Waals surface area contributed by atoms with Gasteiger partial charge in [0.2, 0.25) is 5.82 Å². The topological polar surface area (TPSA) is 9.23 Å². The monoisotopic (exact) mass is 628 g/mol. The highest BCUT2D eigenvalue weighted by molar-refractivity contribution is 5.41. The third-order valence-corrected chi connectivity index (χ3v) is 9.21. The highest BCUT2D eigenvalue weighted by Gasteiger charge is 2.37. The maximum atomic E-state index is 15.8. The molecule has 0 radical (unpaired) electrons. The number of benzene rings is 3. The maximum absolute atomic E-state index is 15.8. The Morgan fingerprint density at radius 1 is 0.727 bits per heavy atom. The zero-order chi connectivity index (χ0) is 31.8. The number of aryl methyl sites for hydroxylation is 2. The molecule has 0 aliphatic heterocycles. The zero-order valence-electron chi connectivity index (χ0n) is 24.2. The van der Waals surface area contributed by atoms with E-state index in [-0.39, 0.29) is 72.5 Å². The summed E-state index contributed by atoms with van der Waals surface area (Å²) < 4.78 is 131. The summed E-state index contributed by atoms with van der Waals surface area (Å²) in [6.07, 6.45) is -0.914. The van der Waals surface area contributed by atoms with E-state index in [4.69, 9.17) is 0 Å². The van der Waals surface area contributed by atoms with Crippen LogP contribution in [-0.2, 0) is 25.7 Å². The fourth-order valence-corrected chi connectivity index (χ4v) is 6.95. The van der Waals surface area contributed by atoms with Gasteiger partial charge in [-0.05, 0) is 122 Å². The largest absolute Gasteiger partial charge is 0.573 e. The SMILES string of the molecule is CCCc1ccc(CCC2CCc3c(F)c(C4CCC(c5ccc(OC(F)(F)F)c(F)c5F)CC4)c(F)c(F)c3C2)c(F)c1. The van der Waals surface area contributed by atoms with Gasteiger partial charge in [-0.1, -0.05) is 31.5 Å². The molecule has 44 heavy (non-hydrogen) atoms. The highest BCUT2D eigenvalue weighted by Crippen LogP contribution is 2.46. The molecule has 1 fully saturated rings. The summed E-state index contributed by atoms with van der Waals surface area (Å²) in [5, 5.41) is 0. The zero-order valence-corrected chi connectivity index (χ0v) is 24.2. The van der Waals surface area contributed by atoms with Crippen molar-refractivity contribution in [3.63, 3.8) is 0 Å². The highest BCUT2D eigenvalue weighted by atomic mass is 19.4. The average molecular weight is 629 g/mol. The maximum Gasteiger partial charge on any atom is 0.573 e. The lowest BCUT2D eigenvalue weighted by Crippen LogP contribution is -2.23. The fraction of sp³-hybridized carbons (Fsp3) is 0.471. The van der Waals surface area contributed by atoms with E-state index in [1.54, 1.807) is 6.07 Å². The number of rotatable bonds is 8. The van der Waals surface area contributed by atoms with E-state index >= 15 is 13.2 Å². The second-order valence-electron chi connectivity index (χ2n) is 12.0. The number of ether oxygens (including phenoxy) is 1. The van der Waals surface area contributed by atoms with E-state index in [2.05, 4.69) is 4.74 Å². The predicted molar refractivity (Wildman–Crippen MR) is 148 cm³/mol. The third kappa shape index (κ3) is 6.74. The van der Waals surface area contributed by atoms with Crippen LogP contribution in [0.5, 0.6) is 5.75 Å². The Morgan fingerprint density at radius 3 is 2.09 bits per heavy atom. The van der Waals surface area contributed by atoms with Gasteiger partial charge in [0.1, 0.15) is 11.6 Å². The lowest BCUT2D eigenvalue weighted by Gasteiger charge is -2.32. The molecule has 0 spiro atoms. The lowest BCUT2D eigenvalue weighted by molar-refractivity contribution is -0.275. The number of halogens is 9. The minimum atomic E-state index is -5.19. The molecule has 0 saturated heterocycles. The Morgan fingerprint density at radius 2 is 1.43 bits per heavy atom. The summed E-state index contributed by atoms with van der Waals surface area (Å²) in [6, 6.07) is 6.93. The van der Waals surface area contributed by atoms with Crippen LogP contribution in [0, 0.1) is 40.8 Å².